The van der Waals surface area contributed by atoms with Crippen LogP contribution in [0.3, 0.4) is 0 Å². The first-order valence-corrected chi connectivity index (χ1v) is 4.20. The largest absolute Gasteiger partial charge is 0.319 e. The van der Waals surface area contributed by atoms with Crippen LogP contribution in [0.2, 0.25) is 0 Å². The SMILES string of the molecule is CNCCc1cnc(C)s1. The van der Waals surface area contributed by atoms with Crippen molar-refractivity contribution in [1.29, 1.82) is 0 Å². The highest BCUT2D eigenvalue weighted by molar-refractivity contribution is 7.11. The summed E-state index contributed by atoms with van der Waals surface area (Å²) in [6.07, 6.45) is 3.05. The molecule has 0 saturated heterocycles. The first-order chi connectivity index (χ1) is 4.83. The van der Waals surface area contributed by atoms with Crippen LogP contribution in [-0.4, -0.2) is 18.6 Å². The molecular formula is C7H12N2S. The van der Waals surface area contributed by atoms with Crippen LogP contribution in [0.15, 0.2) is 6.20 Å². The Balaban J connectivity index is 2.42. The molecule has 0 aliphatic heterocycles. The quantitative estimate of drug-likeness (QED) is 0.711. The van der Waals surface area contributed by atoms with E-state index in [4.69, 9.17) is 0 Å². The topological polar surface area (TPSA) is 24.9 Å². The molecule has 2 nitrogen and oxygen atoms in total. The summed E-state index contributed by atoms with van der Waals surface area (Å²) in [7, 11) is 1.97. The fraction of sp³-hybridized carbons (Fsp3) is 0.571. The lowest BCUT2D eigenvalue weighted by atomic mass is 10.4. The number of aromatic nitrogens is 1. The molecule has 0 spiro atoms. The van der Waals surface area contributed by atoms with E-state index in [1.54, 1.807) is 11.3 Å². The zero-order valence-electron chi connectivity index (χ0n) is 6.35. The van der Waals surface area contributed by atoms with Gasteiger partial charge >= 0.3 is 0 Å². The van der Waals surface area contributed by atoms with E-state index >= 15 is 0 Å². The second-order valence-corrected chi connectivity index (χ2v) is 3.52. The van der Waals surface area contributed by atoms with Gasteiger partial charge in [0, 0.05) is 11.1 Å². The summed E-state index contributed by atoms with van der Waals surface area (Å²) in [4.78, 5) is 5.53. The van der Waals surface area contributed by atoms with E-state index in [0.717, 1.165) is 18.0 Å². The van der Waals surface area contributed by atoms with E-state index in [1.165, 1.54) is 4.88 Å². The molecule has 0 unspecified atom stereocenters. The predicted molar refractivity (Wildman–Crippen MR) is 44.5 cm³/mol. The lowest BCUT2D eigenvalue weighted by molar-refractivity contribution is 0.798. The van der Waals surface area contributed by atoms with Crippen LogP contribution < -0.4 is 5.32 Å². The van der Waals surface area contributed by atoms with Crippen LogP contribution in [-0.2, 0) is 6.42 Å². The van der Waals surface area contributed by atoms with Crippen molar-refractivity contribution in [3.63, 3.8) is 0 Å². The van der Waals surface area contributed by atoms with E-state index in [-0.39, 0.29) is 0 Å². The number of hydrogen-bond acceptors (Lipinski definition) is 3. The normalized spacial score (nSPS) is 10.2. The molecule has 0 aliphatic carbocycles. The van der Waals surface area contributed by atoms with Crippen molar-refractivity contribution < 1.29 is 0 Å². The number of aryl methyl sites for hydroxylation is 1. The van der Waals surface area contributed by atoms with Crippen LogP contribution in [0.4, 0.5) is 0 Å². The fourth-order valence-corrected chi connectivity index (χ4v) is 1.56. The standard InChI is InChI=1S/C7H12N2S/c1-6-9-5-7(10-6)3-4-8-2/h5,8H,3-4H2,1-2H3. The third kappa shape index (κ3) is 2.08. The van der Waals surface area contributed by atoms with Crippen molar-refractivity contribution in [2.75, 3.05) is 13.6 Å². The van der Waals surface area contributed by atoms with Gasteiger partial charge in [0.15, 0.2) is 0 Å². The smallest absolute Gasteiger partial charge is 0.0896 e. The molecule has 1 rings (SSSR count). The molecule has 0 aliphatic rings. The monoisotopic (exact) mass is 156 g/mol. The molecule has 0 saturated carbocycles. The summed E-state index contributed by atoms with van der Waals surface area (Å²) < 4.78 is 0. The predicted octanol–water partition coefficient (Wildman–Crippen LogP) is 1.21. The van der Waals surface area contributed by atoms with Gasteiger partial charge in [0.1, 0.15) is 0 Å². The Morgan fingerprint density at radius 3 is 3.00 bits per heavy atom. The molecular weight excluding hydrogens is 144 g/mol. The van der Waals surface area contributed by atoms with Crippen molar-refractivity contribution in [3.05, 3.63) is 16.1 Å². The lowest BCUT2D eigenvalue weighted by Gasteiger charge is -1.92. The Morgan fingerprint density at radius 2 is 2.50 bits per heavy atom. The van der Waals surface area contributed by atoms with Gasteiger partial charge in [-0.15, -0.1) is 11.3 Å². The highest BCUT2D eigenvalue weighted by atomic mass is 32.1. The molecule has 10 heavy (non-hydrogen) atoms. The zero-order chi connectivity index (χ0) is 7.40. The first-order valence-electron chi connectivity index (χ1n) is 3.39. The average Bonchev–Trinajstić information content (AvgIpc) is 2.31. The maximum atomic E-state index is 4.16. The van der Waals surface area contributed by atoms with Crippen molar-refractivity contribution in [2.45, 2.75) is 13.3 Å². The number of nitrogens with one attached hydrogen (secondary N) is 1. The van der Waals surface area contributed by atoms with E-state index in [9.17, 15) is 0 Å². The Hall–Kier alpha value is -0.410. The molecule has 56 valence electrons. The molecule has 0 fully saturated rings. The van der Waals surface area contributed by atoms with Crippen molar-refractivity contribution in [1.82, 2.24) is 10.3 Å². The summed E-state index contributed by atoms with van der Waals surface area (Å²) in [6.45, 7) is 3.08. The van der Waals surface area contributed by atoms with E-state index in [0.29, 0.717) is 0 Å². The van der Waals surface area contributed by atoms with E-state index in [2.05, 4.69) is 10.3 Å². The molecule has 3 heteroatoms. The first kappa shape index (κ1) is 7.69. The Morgan fingerprint density at radius 1 is 1.70 bits per heavy atom. The number of thiazole rings is 1. The van der Waals surface area contributed by atoms with Gasteiger partial charge in [-0.1, -0.05) is 0 Å². The van der Waals surface area contributed by atoms with Crippen LogP contribution >= 0.6 is 11.3 Å². The molecule has 1 N–H and O–H groups in total. The summed E-state index contributed by atoms with van der Waals surface area (Å²) in [5.74, 6) is 0. The van der Waals surface area contributed by atoms with Gasteiger partial charge in [0.25, 0.3) is 0 Å². The molecule has 1 aromatic rings. The third-order valence-corrected chi connectivity index (χ3v) is 2.26. The van der Waals surface area contributed by atoms with Crippen LogP contribution in [0.5, 0.6) is 0 Å². The molecule has 1 aromatic heterocycles. The third-order valence-electron chi connectivity index (χ3n) is 1.29. The highest BCUT2D eigenvalue weighted by Gasteiger charge is 1.95. The van der Waals surface area contributed by atoms with E-state index in [1.807, 2.05) is 20.2 Å². The molecule has 0 radical (unpaired) electrons. The number of rotatable bonds is 3. The molecule has 0 amide bonds. The molecule has 0 aromatic carbocycles. The molecule has 0 bridgehead atoms. The van der Waals surface area contributed by atoms with Gasteiger partial charge in [0.2, 0.25) is 0 Å². The lowest BCUT2D eigenvalue weighted by Crippen LogP contribution is -2.09. The minimum absolute atomic E-state index is 1.04. The number of hydrogen-bond donors (Lipinski definition) is 1. The van der Waals surface area contributed by atoms with Crippen LogP contribution in [0, 0.1) is 6.92 Å². The van der Waals surface area contributed by atoms with Crippen molar-refractivity contribution in [2.24, 2.45) is 0 Å². The van der Waals surface area contributed by atoms with Gasteiger partial charge in [0.05, 0.1) is 5.01 Å². The van der Waals surface area contributed by atoms with Gasteiger partial charge in [-0.25, -0.2) is 4.98 Å². The second-order valence-electron chi connectivity index (χ2n) is 2.20. The number of nitrogens with zero attached hydrogens (tertiary/aromatic N) is 1. The summed E-state index contributed by atoms with van der Waals surface area (Å²) >= 11 is 1.78. The molecule has 0 atom stereocenters. The fourth-order valence-electron chi connectivity index (χ4n) is 0.769. The summed E-state index contributed by atoms with van der Waals surface area (Å²) in [5.41, 5.74) is 0. The maximum absolute atomic E-state index is 4.16. The van der Waals surface area contributed by atoms with Gasteiger partial charge in [-0.05, 0) is 26.9 Å². The van der Waals surface area contributed by atoms with Crippen molar-refractivity contribution >= 4 is 11.3 Å². The van der Waals surface area contributed by atoms with Crippen LogP contribution in [0.1, 0.15) is 9.88 Å². The zero-order valence-corrected chi connectivity index (χ0v) is 7.16. The Labute approximate surface area is 65.3 Å². The van der Waals surface area contributed by atoms with Crippen molar-refractivity contribution in [3.8, 4) is 0 Å². The van der Waals surface area contributed by atoms with E-state index < -0.39 is 0 Å². The van der Waals surface area contributed by atoms with Gasteiger partial charge in [-0.3, -0.25) is 0 Å². The summed E-state index contributed by atoms with van der Waals surface area (Å²) in [5, 5.41) is 4.26. The maximum Gasteiger partial charge on any atom is 0.0896 e. The second kappa shape index (κ2) is 3.68. The average molecular weight is 156 g/mol. The minimum Gasteiger partial charge on any atom is -0.319 e. The Kier molecular flexibility index (Phi) is 2.83. The van der Waals surface area contributed by atoms with Crippen LogP contribution in [0.25, 0.3) is 0 Å². The highest BCUT2D eigenvalue weighted by Crippen LogP contribution is 2.10. The molecule has 1 heterocycles. The Bertz CT molecular complexity index is 195. The summed E-state index contributed by atoms with van der Waals surface area (Å²) in [6, 6.07) is 0. The van der Waals surface area contributed by atoms with Gasteiger partial charge in [-0.2, -0.15) is 0 Å². The minimum atomic E-state index is 1.04. The number of likely N-dealkylation sites (N-methyl/N-ethyl adjacent to an activating group) is 1. The van der Waals surface area contributed by atoms with Gasteiger partial charge < -0.3 is 5.32 Å².